The molecule has 3 heteroatoms. The lowest BCUT2D eigenvalue weighted by molar-refractivity contribution is 0.151. The van der Waals surface area contributed by atoms with E-state index in [1.165, 1.54) is 12.8 Å². The third-order valence-electron chi connectivity index (χ3n) is 3.36. The molecule has 2 aliphatic rings. The number of benzene rings is 1. The Kier molecular flexibility index (Phi) is 2.37. The second kappa shape index (κ2) is 3.64. The Balaban J connectivity index is 1.73. The minimum Gasteiger partial charge on any atom is -0.492 e. The van der Waals surface area contributed by atoms with Crippen LogP contribution >= 0.6 is 11.6 Å². The Morgan fingerprint density at radius 3 is 2.69 bits per heavy atom. The fourth-order valence-electron chi connectivity index (χ4n) is 1.81. The molecule has 2 nitrogen and oxygen atoms in total. The summed E-state index contributed by atoms with van der Waals surface area (Å²) in [5.41, 5.74) is 0.301. The maximum Gasteiger partial charge on any atom is 0.137 e. The smallest absolute Gasteiger partial charge is 0.137 e. The highest BCUT2D eigenvalue weighted by Gasteiger charge is 2.42. The Hall–Kier alpha value is -0.730. The van der Waals surface area contributed by atoms with Gasteiger partial charge in [0.05, 0.1) is 17.2 Å². The first kappa shape index (κ1) is 10.4. The van der Waals surface area contributed by atoms with Gasteiger partial charge in [-0.1, -0.05) is 17.7 Å². The number of aliphatic hydroxyl groups is 1. The van der Waals surface area contributed by atoms with E-state index in [0.717, 1.165) is 36.7 Å². The van der Waals surface area contributed by atoms with Gasteiger partial charge in [0.15, 0.2) is 0 Å². The van der Waals surface area contributed by atoms with Gasteiger partial charge in [0.1, 0.15) is 5.75 Å². The molecule has 3 rings (SSSR count). The molecular formula is C13H15ClO2. The predicted molar refractivity (Wildman–Crippen MR) is 62.8 cm³/mol. The number of halogens is 1. The number of rotatable bonds is 4. The van der Waals surface area contributed by atoms with Gasteiger partial charge in [-0.25, -0.2) is 0 Å². The molecule has 0 unspecified atom stereocenters. The molecule has 86 valence electrons. The molecule has 0 aromatic heterocycles. The lowest BCUT2D eigenvalue weighted by atomic mass is 10.1. The normalized spacial score (nSPS) is 21.9. The molecule has 2 fully saturated rings. The minimum absolute atomic E-state index is 0.610. The molecule has 0 atom stereocenters. The van der Waals surface area contributed by atoms with E-state index in [4.69, 9.17) is 16.3 Å². The molecule has 0 aliphatic heterocycles. The van der Waals surface area contributed by atoms with E-state index in [9.17, 15) is 5.11 Å². The Bertz CT molecular complexity index is 408. The van der Waals surface area contributed by atoms with Crippen LogP contribution in [0, 0.1) is 5.92 Å². The zero-order valence-electron chi connectivity index (χ0n) is 9.08. The Morgan fingerprint density at radius 2 is 2.12 bits per heavy atom. The average Bonchev–Trinajstić information content (AvgIpc) is 3.13. The number of hydrogen-bond donors (Lipinski definition) is 1. The maximum absolute atomic E-state index is 9.94. The van der Waals surface area contributed by atoms with Crippen molar-refractivity contribution >= 4 is 11.6 Å². The van der Waals surface area contributed by atoms with E-state index >= 15 is 0 Å². The molecule has 2 aliphatic carbocycles. The zero-order chi connectivity index (χ0) is 11.2. The molecular weight excluding hydrogens is 224 g/mol. The van der Waals surface area contributed by atoms with Crippen LogP contribution in [0.2, 0.25) is 5.02 Å². The second-order valence-electron chi connectivity index (χ2n) is 4.93. The minimum atomic E-state index is -0.612. The molecule has 0 spiro atoms. The molecule has 16 heavy (non-hydrogen) atoms. The first-order valence-electron chi connectivity index (χ1n) is 5.83. The molecule has 0 amide bonds. The summed E-state index contributed by atoms with van der Waals surface area (Å²) in [6, 6.07) is 5.62. The highest BCUT2D eigenvalue weighted by molar-refractivity contribution is 6.32. The molecule has 1 aromatic carbocycles. The van der Waals surface area contributed by atoms with Crippen LogP contribution in [0.3, 0.4) is 0 Å². The average molecular weight is 239 g/mol. The highest BCUT2D eigenvalue weighted by Crippen LogP contribution is 2.46. The van der Waals surface area contributed by atoms with Crippen LogP contribution in [0.1, 0.15) is 31.2 Å². The maximum atomic E-state index is 9.94. The predicted octanol–water partition coefficient (Wildman–Crippen LogP) is 3.11. The summed E-state index contributed by atoms with van der Waals surface area (Å²) in [7, 11) is 0. The molecule has 2 saturated carbocycles. The molecule has 0 saturated heterocycles. The van der Waals surface area contributed by atoms with Crippen LogP contribution in [0.4, 0.5) is 0 Å². The summed E-state index contributed by atoms with van der Waals surface area (Å²) < 4.78 is 5.64. The van der Waals surface area contributed by atoms with Crippen molar-refractivity contribution in [2.24, 2.45) is 5.92 Å². The van der Waals surface area contributed by atoms with Crippen LogP contribution in [-0.2, 0) is 5.60 Å². The van der Waals surface area contributed by atoms with Gasteiger partial charge in [0.25, 0.3) is 0 Å². The quantitative estimate of drug-likeness (QED) is 0.874. The van der Waals surface area contributed by atoms with Gasteiger partial charge in [0, 0.05) is 0 Å². The SMILES string of the molecule is OC1(c2ccc(OCC3CC3)c(Cl)c2)CC1. The molecule has 1 aromatic rings. The van der Waals surface area contributed by atoms with Gasteiger partial charge in [0.2, 0.25) is 0 Å². The molecule has 0 radical (unpaired) electrons. The van der Waals surface area contributed by atoms with Crippen molar-refractivity contribution in [1.82, 2.24) is 0 Å². The van der Waals surface area contributed by atoms with Gasteiger partial charge < -0.3 is 9.84 Å². The van der Waals surface area contributed by atoms with Crippen molar-refractivity contribution in [2.45, 2.75) is 31.3 Å². The lowest BCUT2D eigenvalue weighted by Crippen LogP contribution is -2.05. The van der Waals surface area contributed by atoms with Crippen molar-refractivity contribution in [3.8, 4) is 5.75 Å². The summed E-state index contributed by atoms with van der Waals surface area (Å²) in [5.74, 6) is 1.46. The van der Waals surface area contributed by atoms with E-state index in [0.29, 0.717) is 5.02 Å². The van der Waals surface area contributed by atoms with Crippen LogP contribution in [0.15, 0.2) is 18.2 Å². The van der Waals surface area contributed by atoms with E-state index in [-0.39, 0.29) is 0 Å². The van der Waals surface area contributed by atoms with E-state index < -0.39 is 5.60 Å². The van der Waals surface area contributed by atoms with Crippen molar-refractivity contribution < 1.29 is 9.84 Å². The number of hydrogen-bond acceptors (Lipinski definition) is 2. The van der Waals surface area contributed by atoms with Crippen LogP contribution in [-0.4, -0.2) is 11.7 Å². The van der Waals surface area contributed by atoms with Gasteiger partial charge in [-0.05, 0) is 49.3 Å². The van der Waals surface area contributed by atoms with E-state index in [2.05, 4.69) is 0 Å². The summed E-state index contributed by atoms with van der Waals surface area (Å²) in [6.45, 7) is 0.767. The third kappa shape index (κ3) is 2.04. The van der Waals surface area contributed by atoms with Crippen molar-refractivity contribution in [3.05, 3.63) is 28.8 Å². The Labute approximate surface area is 100 Å². The first-order valence-corrected chi connectivity index (χ1v) is 6.20. The van der Waals surface area contributed by atoms with Crippen LogP contribution in [0.5, 0.6) is 5.75 Å². The number of ether oxygens (including phenoxy) is 1. The van der Waals surface area contributed by atoms with Crippen LogP contribution in [0.25, 0.3) is 0 Å². The van der Waals surface area contributed by atoms with Crippen LogP contribution < -0.4 is 4.74 Å². The van der Waals surface area contributed by atoms with Gasteiger partial charge in [-0.3, -0.25) is 0 Å². The largest absolute Gasteiger partial charge is 0.492 e. The van der Waals surface area contributed by atoms with E-state index in [1.54, 1.807) is 0 Å². The van der Waals surface area contributed by atoms with Crippen molar-refractivity contribution in [1.29, 1.82) is 0 Å². The second-order valence-corrected chi connectivity index (χ2v) is 5.34. The zero-order valence-corrected chi connectivity index (χ0v) is 9.83. The monoisotopic (exact) mass is 238 g/mol. The first-order chi connectivity index (χ1) is 7.67. The fourth-order valence-corrected chi connectivity index (χ4v) is 2.04. The fraction of sp³-hybridized carbons (Fsp3) is 0.538. The highest BCUT2D eigenvalue weighted by atomic mass is 35.5. The van der Waals surface area contributed by atoms with E-state index in [1.807, 2.05) is 18.2 Å². The summed E-state index contributed by atoms with van der Waals surface area (Å²) >= 11 is 6.13. The van der Waals surface area contributed by atoms with Gasteiger partial charge >= 0.3 is 0 Å². The standard InChI is InChI=1S/C13H15ClO2/c14-11-7-10(13(15)5-6-13)3-4-12(11)16-8-9-1-2-9/h3-4,7,9,15H,1-2,5-6,8H2. The lowest BCUT2D eigenvalue weighted by Gasteiger charge is -2.12. The van der Waals surface area contributed by atoms with Crippen molar-refractivity contribution in [3.63, 3.8) is 0 Å². The topological polar surface area (TPSA) is 29.5 Å². The molecule has 0 heterocycles. The van der Waals surface area contributed by atoms with Gasteiger partial charge in [-0.15, -0.1) is 0 Å². The molecule has 1 N–H and O–H groups in total. The summed E-state index contributed by atoms with van der Waals surface area (Å²) in [4.78, 5) is 0. The Morgan fingerprint density at radius 1 is 1.38 bits per heavy atom. The third-order valence-corrected chi connectivity index (χ3v) is 3.66. The summed E-state index contributed by atoms with van der Waals surface area (Å²) in [6.07, 6.45) is 4.22. The summed E-state index contributed by atoms with van der Waals surface area (Å²) in [5, 5.41) is 10.6. The van der Waals surface area contributed by atoms with Gasteiger partial charge in [-0.2, -0.15) is 0 Å². The molecule has 0 bridgehead atoms. The van der Waals surface area contributed by atoms with Crippen molar-refractivity contribution in [2.75, 3.05) is 6.61 Å².